The average molecular weight is 345 g/mol. The summed E-state index contributed by atoms with van der Waals surface area (Å²) in [5.41, 5.74) is 1.57. The molecule has 0 bridgehead atoms. The minimum absolute atomic E-state index is 0.116. The van der Waals surface area contributed by atoms with Gasteiger partial charge in [0.2, 0.25) is 11.8 Å². The summed E-state index contributed by atoms with van der Waals surface area (Å²) in [4.78, 5) is 37.9. The van der Waals surface area contributed by atoms with Crippen LogP contribution in [0.15, 0.2) is 18.2 Å². The van der Waals surface area contributed by atoms with E-state index in [1.807, 2.05) is 27.7 Å². The molecule has 0 atom stereocenters. The lowest BCUT2D eigenvalue weighted by Gasteiger charge is -2.22. The molecule has 2 rings (SSSR count). The van der Waals surface area contributed by atoms with Crippen molar-refractivity contribution < 1.29 is 14.4 Å². The van der Waals surface area contributed by atoms with Crippen molar-refractivity contribution in [3.05, 3.63) is 29.3 Å². The topological polar surface area (TPSA) is 78.5 Å². The number of hydrogen-bond donors (Lipinski definition) is 2. The van der Waals surface area contributed by atoms with Gasteiger partial charge in [0.15, 0.2) is 0 Å². The fourth-order valence-electron chi connectivity index (χ4n) is 2.81. The van der Waals surface area contributed by atoms with Crippen LogP contribution < -0.4 is 10.6 Å². The third kappa shape index (κ3) is 5.31. The Morgan fingerprint density at radius 1 is 1.24 bits per heavy atom. The van der Waals surface area contributed by atoms with E-state index in [1.54, 1.807) is 23.1 Å². The Labute approximate surface area is 149 Å². The Kier molecular flexibility index (Phi) is 5.82. The van der Waals surface area contributed by atoms with Crippen LogP contribution in [0.5, 0.6) is 0 Å². The molecule has 136 valence electrons. The highest BCUT2D eigenvalue weighted by atomic mass is 16.2. The van der Waals surface area contributed by atoms with Gasteiger partial charge in [0.1, 0.15) is 0 Å². The normalized spacial score (nSPS) is 14.6. The summed E-state index contributed by atoms with van der Waals surface area (Å²) < 4.78 is 0. The Morgan fingerprint density at radius 3 is 2.56 bits per heavy atom. The molecule has 0 unspecified atom stereocenters. The number of rotatable bonds is 5. The molecular weight excluding hydrogens is 318 g/mol. The Hall–Kier alpha value is -2.37. The molecular formula is C19H27N3O3. The van der Waals surface area contributed by atoms with Crippen LogP contribution in [0.1, 0.15) is 56.0 Å². The molecule has 1 aliphatic rings. The van der Waals surface area contributed by atoms with E-state index in [4.69, 9.17) is 0 Å². The molecule has 6 heteroatoms. The third-order valence-corrected chi connectivity index (χ3v) is 4.12. The molecule has 0 aromatic heterocycles. The second kappa shape index (κ2) is 7.68. The lowest BCUT2D eigenvalue weighted by Crippen LogP contribution is -2.40. The van der Waals surface area contributed by atoms with Gasteiger partial charge in [0.05, 0.1) is 0 Å². The quantitative estimate of drug-likeness (QED) is 0.860. The number of benzene rings is 1. The second-order valence-corrected chi connectivity index (χ2v) is 7.46. The van der Waals surface area contributed by atoms with Crippen LogP contribution in [0.4, 0.5) is 5.69 Å². The first-order valence-electron chi connectivity index (χ1n) is 8.67. The van der Waals surface area contributed by atoms with Gasteiger partial charge in [-0.05, 0) is 51.8 Å². The maximum Gasteiger partial charge on any atom is 0.252 e. The van der Waals surface area contributed by atoms with Crippen LogP contribution in [0.3, 0.4) is 0 Å². The van der Waals surface area contributed by atoms with Crippen molar-refractivity contribution in [3.8, 4) is 0 Å². The van der Waals surface area contributed by atoms with E-state index in [1.165, 1.54) is 0 Å². The molecule has 1 heterocycles. The van der Waals surface area contributed by atoms with E-state index in [9.17, 15) is 14.4 Å². The van der Waals surface area contributed by atoms with E-state index in [-0.39, 0.29) is 29.7 Å². The van der Waals surface area contributed by atoms with Crippen LogP contribution in [0, 0.1) is 6.92 Å². The Balaban J connectivity index is 1.99. The summed E-state index contributed by atoms with van der Waals surface area (Å²) in [7, 11) is 0. The van der Waals surface area contributed by atoms with Gasteiger partial charge in [-0.1, -0.05) is 6.07 Å². The molecule has 1 aromatic carbocycles. The van der Waals surface area contributed by atoms with Crippen molar-refractivity contribution in [1.29, 1.82) is 0 Å². The van der Waals surface area contributed by atoms with Gasteiger partial charge in [0, 0.05) is 42.7 Å². The number of carbonyl (C=O) groups is 3. The summed E-state index contributed by atoms with van der Waals surface area (Å²) in [6.07, 6.45) is 1.69. The van der Waals surface area contributed by atoms with E-state index in [0.29, 0.717) is 24.2 Å². The zero-order chi connectivity index (χ0) is 18.6. The summed E-state index contributed by atoms with van der Waals surface area (Å²) in [6.45, 7) is 8.75. The summed E-state index contributed by atoms with van der Waals surface area (Å²) in [6, 6.07) is 5.28. The van der Waals surface area contributed by atoms with Gasteiger partial charge < -0.3 is 15.5 Å². The van der Waals surface area contributed by atoms with Crippen LogP contribution in [0.2, 0.25) is 0 Å². The molecule has 0 spiro atoms. The Morgan fingerprint density at radius 2 is 1.96 bits per heavy atom. The van der Waals surface area contributed by atoms with Crippen LogP contribution >= 0.6 is 0 Å². The minimum atomic E-state index is -0.328. The van der Waals surface area contributed by atoms with Crippen LogP contribution in [0.25, 0.3) is 0 Å². The number of nitrogens with one attached hydrogen (secondary N) is 2. The maximum absolute atomic E-state index is 12.4. The number of carbonyl (C=O) groups excluding carboxylic acids is 3. The monoisotopic (exact) mass is 345 g/mol. The van der Waals surface area contributed by atoms with E-state index in [0.717, 1.165) is 18.5 Å². The SMILES string of the molecule is Cc1c(NC(=O)CCN2CCCC2=O)cccc1C(=O)NC(C)(C)C. The van der Waals surface area contributed by atoms with Crippen molar-refractivity contribution in [2.45, 2.75) is 52.5 Å². The lowest BCUT2D eigenvalue weighted by atomic mass is 10.0. The van der Waals surface area contributed by atoms with Gasteiger partial charge in [-0.3, -0.25) is 14.4 Å². The van der Waals surface area contributed by atoms with Gasteiger partial charge in [-0.25, -0.2) is 0 Å². The fourth-order valence-corrected chi connectivity index (χ4v) is 2.81. The number of amides is 3. The standard InChI is InChI=1S/C19H27N3O3/c1-13-14(18(25)21-19(2,3)4)7-5-8-15(13)20-16(23)10-12-22-11-6-9-17(22)24/h5,7-8H,6,9-12H2,1-4H3,(H,20,23)(H,21,25). The maximum atomic E-state index is 12.4. The number of nitrogens with zero attached hydrogens (tertiary/aromatic N) is 1. The minimum Gasteiger partial charge on any atom is -0.347 e. The molecule has 1 aliphatic heterocycles. The highest BCUT2D eigenvalue weighted by Gasteiger charge is 2.21. The van der Waals surface area contributed by atoms with Gasteiger partial charge in [0.25, 0.3) is 5.91 Å². The molecule has 0 radical (unpaired) electrons. The van der Waals surface area contributed by atoms with E-state index >= 15 is 0 Å². The summed E-state index contributed by atoms with van der Waals surface area (Å²) in [5.74, 6) is -0.204. The number of anilines is 1. The van der Waals surface area contributed by atoms with E-state index in [2.05, 4.69) is 10.6 Å². The third-order valence-electron chi connectivity index (χ3n) is 4.12. The smallest absolute Gasteiger partial charge is 0.252 e. The molecule has 0 saturated carbocycles. The highest BCUT2D eigenvalue weighted by molar-refractivity contribution is 5.99. The van der Waals surface area contributed by atoms with Crippen molar-refractivity contribution in [2.24, 2.45) is 0 Å². The zero-order valence-corrected chi connectivity index (χ0v) is 15.4. The van der Waals surface area contributed by atoms with Crippen molar-refractivity contribution in [1.82, 2.24) is 10.2 Å². The van der Waals surface area contributed by atoms with E-state index < -0.39 is 0 Å². The molecule has 3 amide bonds. The predicted molar refractivity (Wildman–Crippen MR) is 97.5 cm³/mol. The van der Waals surface area contributed by atoms with Crippen molar-refractivity contribution >= 4 is 23.4 Å². The largest absolute Gasteiger partial charge is 0.347 e. The van der Waals surface area contributed by atoms with Crippen LogP contribution in [-0.4, -0.2) is 41.2 Å². The summed E-state index contributed by atoms with van der Waals surface area (Å²) in [5, 5.41) is 5.78. The molecule has 0 aliphatic carbocycles. The van der Waals surface area contributed by atoms with Gasteiger partial charge >= 0.3 is 0 Å². The highest BCUT2D eigenvalue weighted by Crippen LogP contribution is 2.20. The molecule has 1 fully saturated rings. The average Bonchev–Trinajstić information content (AvgIpc) is 2.91. The molecule has 1 saturated heterocycles. The fraction of sp³-hybridized carbons (Fsp3) is 0.526. The van der Waals surface area contributed by atoms with Crippen molar-refractivity contribution in [2.75, 3.05) is 18.4 Å². The molecule has 2 N–H and O–H groups in total. The molecule has 25 heavy (non-hydrogen) atoms. The number of likely N-dealkylation sites (tertiary alicyclic amines) is 1. The number of hydrogen-bond acceptors (Lipinski definition) is 3. The second-order valence-electron chi connectivity index (χ2n) is 7.46. The molecule has 1 aromatic rings. The predicted octanol–water partition coefficient (Wildman–Crippen LogP) is 2.47. The van der Waals surface area contributed by atoms with Gasteiger partial charge in [-0.2, -0.15) is 0 Å². The molecule has 6 nitrogen and oxygen atoms in total. The Bertz CT molecular complexity index is 677. The lowest BCUT2D eigenvalue weighted by molar-refractivity contribution is -0.128. The summed E-state index contributed by atoms with van der Waals surface area (Å²) >= 11 is 0. The van der Waals surface area contributed by atoms with Gasteiger partial charge in [-0.15, -0.1) is 0 Å². The van der Waals surface area contributed by atoms with Crippen LogP contribution in [-0.2, 0) is 9.59 Å². The van der Waals surface area contributed by atoms with Crippen molar-refractivity contribution in [3.63, 3.8) is 0 Å². The zero-order valence-electron chi connectivity index (χ0n) is 15.4. The first kappa shape index (κ1) is 19.0. The first-order valence-corrected chi connectivity index (χ1v) is 8.67. The first-order chi connectivity index (χ1) is 11.7.